The number of carbonyl (C=O) groups is 2. The van der Waals surface area contributed by atoms with E-state index in [0.717, 1.165) is 37.9 Å². The average Bonchev–Trinajstić information content (AvgIpc) is 3.38. The van der Waals surface area contributed by atoms with E-state index in [0.29, 0.717) is 45.0 Å². The number of aromatic nitrogens is 2. The summed E-state index contributed by atoms with van der Waals surface area (Å²) < 4.78 is 14.2. The standard InChI is InChI=1S/C28H40N4O4/c1-4-5-16-30-17-19-35-25-12-7-6-10-23(25)11-8-9-14-28(27(30)34)21-31(18-20-36-28)26(33)24-13-15-29-32(24)22(2)3/h6-7,10,12-13,15,22H,4-5,8-9,11,14,16-21H2,1-3H3. The van der Waals surface area contributed by atoms with E-state index < -0.39 is 5.60 Å². The predicted molar refractivity (Wildman–Crippen MR) is 138 cm³/mol. The van der Waals surface area contributed by atoms with Crippen molar-refractivity contribution in [3.05, 3.63) is 47.8 Å². The molecule has 2 aromatic rings. The minimum Gasteiger partial charge on any atom is -0.491 e. The molecule has 196 valence electrons. The first kappa shape index (κ1) is 26.2. The van der Waals surface area contributed by atoms with Crippen LogP contribution in [0.25, 0.3) is 0 Å². The molecule has 8 heteroatoms. The SMILES string of the molecule is CCCCN1CCOc2ccccc2CCCCC2(CN(C(=O)c3ccnn3C(C)C)CCO2)C1=O. The highest BCUT2D eigenvalue weighted by Gasteiger charge is 2.47. The van der Waals surface area contributed by atoms with Gasteiger partial charge in [0.15, 0.2) is 5.60 Å². The number of amides is 2. The summed E-state index contributed by atoms with van der Waals surface area (Å²) in [6.07, 6.45) is 6.78. The van der Waals surface area contributed by atoms with Gasteiger partial charge in [0.2, 0.25) is 0 Å². The fraction of sp³-hybridized carbons (Fsp3) is 0.607. The van der Waals surface area contributed by atoms with Gasteiger partial charge >= 0.3 is 0 Å². The van der Waals surface area contributed by atoms with Crippen LogP contribution in [0.15, 0.2) is 36.5 Å². The Bertz CT molecular complexity index is 1040. The zero-order valence-corrected chi connectivity index (χ0v) is 21.9. The quantitative estimate of drug-likeness (QED) is 0.623. The molecule has 8 nitrogen and oxygen atoms in total. The first-order valence-electron chi connectivity index (χ1n) is 13.4. The van der Waals surface area contributed by atoms with Crippen molar-refractivity contribution in [1.29, 1.82) is 0 Å². The normalized spacial score (nSPS) is 21.6. The van der Waals surface area contributed by atoms with Gasteiger partial charge in [-0.05, 0) is 63.6 Å². The Morgan fingerprint density at radius 1 is 1.14 bits per heavy atom. The molecule has 1 aromatic carbocycles. The third-order valence-corrected chi connectivity index (χ3v) is 7.18. The molecule has 4 rings (SSSR count). The van der Waals surface area contributed by atoms with E-state index in [4.69, 9.17) is 9.47 Å². The van der Waals surface area contributed by atoms with Gasteiger partial charge in [-0.2, -0.15) is 5.10 Å². The van der Waals surface area contributed by atoms with Crippen LogP contribution >= 0.6 is 0 Å². The van der Waals surface area contributed by atoms with Crippen molar-refractivity contribution >= 4 is 11.8 Å². The molecule has 0 radical (unpaired) electrons. The van der Waals surface area contributed by atoms with Gasteiger partial charge in [-0.15, -0.1) is 0 Å². The molecule has 2 aliphatic heterocycles. The summed E-state index contributed by atoms with van der Waals surface area (Å²) in [4.78, 5) is 31.3. The molecule has 2 aliphatic rings. The minimum absolute atomic E-state index is 0.0247. The van der Waals surface area contributed by atoms with Crippen LogP contribution < -0.4 is 4.74 Å². The van der Waals surface area contributed by atoms with Gasteiger partial charge in [0.05, 0.1) is 19.7 Å². The monoisotopic (exact) mass is 496 g/mol. The maximum Gasteiger partial charge on any atom is 0.272 e. The number of hydrogen-bond acceptors (Lipinski definition) is 5. The number of hydrogen-bond donors (Lipinski definition) is 0. The van der Waals surface area contributed by atoms with E-state index in [9.17, 15) is 9.59 Å². The Balaban J connectivity index is 1.59. The molecule has 0 saturated carbocycles. The molecule has 1 unspecified atom stereocenters. The second-order valence-electron chi connectivity index (χ2n) is 10.1. The van der Waals surface area contributed by atoms with Crippen LogP contribution in [0.5, 0.6) is 5.75 Å². The van der Waals surface area contributed by atoms with Crippen molar-refractivity contribution in [3.8, 4) is 5.75 Å². The van der Waals surface area contributed by atoms with Crippen molar-refractivity contribution in [3.63, 3.8) is 0 Å². The molecule has 3 heterocycles. The number of unbranched alkanes of at least 4 members (excludes halogenated alkanes) is 1. The highest BCUT2D eigenvalue weighted by Crippen LogP contribution is 2.30. The predicted octanol–water partition coefficient (Wildman–Crippen LogP) is 4.11. The molecule has 1 aromatic heterocycles. The molecule has 0 bridgehead atoms. The van der Waals surface area contributed by atoms with E-state index >= 15 is 0 Å². The van der Waals surface area contributed by atoms with Crippen LogP contribution in [0.2, 0.25) is 0 Å². The Morgan fingerprint density at radius 2 is 1.97 bits per heavy atom. The van der Waals surface area contributed by atoms with Gasteiger partial charge in [0, 0.05) is 25.3 Å². The molecule has 0 N–H and O–H groups in total. The van der Waals surface area contributed by atoms with Crippen molar-refractivity contribution in [2.75, 3.05) is 39.4 Å². The highest BCUT2D eigenvalue weighted by molar-refractivity contribution is 5.94. The molecular weight excluding hydrogens is 456 g/mol. The maximum absolute atomic E-state index is 14.1. The van der Waals surface area contributed by atoms with Crippen molar-refractivity contribution in [2.45, 2.75) is 70.9 Å². The van der Waals surface area contributed by atoms with E-state index in [2.05, 4.69) is 18.1 Å². The number of ether oxygens (including phenoxy) is 2. The van der Waals surface area contributed by atoms with Gasteiger partial charge in [-0.1, -0.05) is 31.5 Å². The number of para-hydroxylation sites is 1. The Hall–Kier alpha value is -2.87. The molecule has 36 heavy (non-hydrogen) atoms. The maximum atomic E-state index is 14.1. The summed E-state index contributed by atoms with van der Waals surface area (Å²) >= 11 is 0. The Labute approximate surface area is 214 Å². The van der Waals surface area contributed by atoms with Gasteiger partial charge in [0.25, 0.3) is 11.8 Å². The first-order chi connectivity index (χ1) is 17.4. The summed E-state index contributed by atoms with van der Waals surface area (Å²) in [6, 6.07) is 10.00. The fourth-order valence-corrected chi connectivity index (χ4v) is 5.20. The number of morpholine rings is 1. The van der Waals surface area contributed by atoms with Crippen LogP contribution in [0, 0.1) is 0 Å². The third-order valence-electron chi connectivity index (χ3n) is 7.18. The molecule has 1 saturated heterocycles. The summed E-state index contributed by atoms with van der Waals surface area (Å²) in [5, 5.41) is 4.33. The Kier molecular flexibility index (Phi) is 8.67. The van der Waals surface area contributed by atoms with Crippen LogP contribution in [0.1, 0.15) is 75.0 Å². The minimum atomic E-state index is -1.04. The molecule has 1 fully saturated rings. The van der Waals surface area contributed by atoms with Gasteiger partial charge in [0.1, 0.15) is 18.1 Å². The lowest BCUT2D eigenvalue weighted by Crippen LogP contribution is -2.62. The molecule has 2 amide bonds. The number of carbonyl (C=O) groups excluding carboxylic acids is 2. The van der Waals surface area contributed by atoms with Gasteiger partial charge < -0.3 is 19.3 Å². The van der Waals surface area contributed by atoms with E-state index in [1.807, 2.05) is 36.9 Å². The third kappa shape index (κ3) is 5.75. The van der Waals surface area contributed by atoms with Crippen molar-refractivity contribution in [2.24, 2.45) is 0 Å². The summed E-state index contributed by atoms with van der Waals surface area (Å²) in [5.74, 6) is 0.784. The molecular formula is C28H40N4O4. The Morgan fingerprint density at radius 3 is 2.78 bits per heavy atom. The van der Waals surface area contributed by atoms with Crippen molar-refractivity contribution < 1.29 is 19.1 Å². The number of nitrogens with zero attached hydrogens (tertiary/aromatic N) is 4. The van der Waals surface area contributed by atoms with Crippen LogP contribution in [-0.4, -0.2) is 76.4 Å². The second-order valence-corrected chi connectivity index (χ2v) is 10.1. The van der Waals surface area contributed by atoms with Gasteiger partial charge in [-0.25, -0.2) is 0 Å². The zero-order chi connectivity index (χ0) is 25.5. The van der Waals surface area contributed by atoms with Crippen molar-refractivity contribution in [1.82, 2.24) is 19.6 Å². The summed E-state index contributed by atoms with van der Waals surface area (Å²) in [7, 11) is 0. The van der Waals surface area contributed by atoms with E-state index in [-0.39, 0.29) is 24.4 Å². The topological polar surface area (TPSA) is 76.9 Å². The largest absolute Gasteiger partial charge is 0.491 e. The van der Waals surface area contributed by atoms with Crippen LogP contribution in [0.3, 0.4) is 0 Å². The lowest BCUT2D eigenvalue weighted by molar-refractivity contribution is -0.170. The lowest BCUT2D eigenvalue weighted by Gasteiger charge is -2.44. The number of aryl methyl sites for hydroxylation is 1. The number of rotatable bonds is 5. The zero-order valence-electron chi connectivity index (χ0n) is 21.9. The summed E-state index contributed by atoms with van der Waals surface area (Å²) in [5.41, 5.74) is 0.709. The molecule has 1 atom stereocenters. The van der Waals surface area contributed by atoms with E-state index in [1.165, 1.54) is 5.56 Å². The van der Waals surface area contributed by atoms with Crippen LogP contribution in [0.4, 0.5) is 0 Å². The molecule has 1 spiro atoms. The highest BCUT2D eigenvalue weighted by atomic mass is 16.5. The first-order valence-corrected chi connectivity index (χ1v) is 13.4. The van der Waals surface area contributed by atoms with Crippen LogP contribution in [-0.2, 0) is 16.0 Å². The smallest absolute Gasteiger partial charge is 0.272 e. The molecule has 0 aliphatic carbocycles. The second kappa shape index (κ2) is 11.9. The lowest BCUT2D eigenvalue weighted by atomic mass is 9.90. The summed E-state index contributed by atoms with van der Waals surface area (Å²) in [6.45, 7) is 8.77. The fourth-order valence-electron chi connectivity index (χ4n) is 5.20. The average molecular weight is 497 g/mol. The number of benzene rings is 1. The van der Waals surface area contributed by atoms with E-state index in [1.54, 1.807) is 21.8 Å². The number of fused-ring (bicyclic) bond motifs is 1. The van der Waals surface area contributed by atoms with Gasteiger partial charge in [-0.3, -0.25) is 14.3 Å².